The minimum Gasteiger partial charge on any atom is -0.388 e. The molecule has 2 heterocycles. The summed E-state index contributed by atoms with van der Waals surface area (Å²) in [5, 5.41) is 24.4. The summed E-state index contributed by atoms with van der Waals surface area (Å²) < 4.78 is 6.03. The molecule has 2 aliphatic heterocycles. The number of amidine groups is 1. The zero-order chi connectivity index (χ0) is 13.6. The van der Waals surface area contributed by atoms with Crippen LogP contribution in [0.15, 0.2) is 4.99 Å². The molecule has 0 aromatic rings. The Morgan fingerprint density at radius 1 is 1.42 bits per heavy atom. The Balaban J connectivity index is 1.69. The average molecular weight is 286 g/mol. The van der Waals surface area contributed by atoms with E-state index >= 15 is 0 Å². The Morgan fingerprint density at radius 2 is 2.16 bits per heavy atom. The first kappa shape index (κ1) is 13.7. The van der Waals surface area contributed by atoms with Crippen LogP contribution in [-0.2, 0) is 4.74 Å². The molecule has 3 fully saturated rings. The number of nitrogens with one attached hydrogen (secondary N) is 1. The molecule has 1 aliphatic carbocycles. The molecule has 6 heteroatoms. The topological polar surface area (TPSA) is 74.1 Å². The largest absolute Gasteiger partial charge is 0.388 e. The van der Waals surface area contributed by atoms with E-state index in [0.717, 1.165) is 17.5 Å². The standard InChI is InChI=1S/C13H22N2O3S/c1-6(5-7-3-4-7)11-10(17)9(16)8-12(18-11)19-13(14-2)15-8/h6-12,16-17H,3-5H2,1-2H3,(H,14,15)/t6?,8-,9-,10+,11-,12-/m1/s1. The van der Waals surface area contributed by atoms with E-state index in [1.54, 1.807) is 7.05 Å². The number of ether oxygens (including phenoxy) is 1. The van der Waals surface area contributed by atoms with E-state index < -0.39 is 12.2 Å². The van der Waals surface area contributed by atoms with E-state index in [2.05, 4.69) is 17.2 Å². The summed E-state index contributed by atoms with van der Waals surface area (Å²) in [4.78, 5) is 4.10. The van der Waals surface area contributed by atoms with E-state index in [9.17, 15) is 10.2 Å². The fraction of sp³-hybridized carbons (Fsp3) is 0.923. The van der Waals surface area contributed by atoms with Crippen LogP contribution in [0.2, 0.25) is 0 Å². The van der Waals surface area contributed by atoms with E-state index in [-0.39, 0.29) is 23.5 Å². The van der Waals surface area contributed by atoms with Gasteiger partial charge in [-0.3, -0.25) is 4.99 Å². The van der Waals surface area contributed by atoms with Gasteiger partial charge in [0.2, 0.25) is 0 Å². The van der Waals surface area contributed by atoms with Gasteiger partial charge in [-0.2, -0.15) is 0 Å². The third-order valence-electron chi connectivity index (χ3n) is 4.32. The maximum Gasteiger partial charge on any atom is 0.159 e. The highest BCUT2D eigenvalue weighted by molar-refractivity contribution is 8.14. The van der Waals surface area contributed by atoms with Crippen LogP contribution in [0.25, 0.3) is 0 Å². The molecule has 108 valence electrons. The summed E-state index contributed by atoms with van der Waals surface area (Å²) in [6.07, 6.45) is 1.78. The molecule has 2 saturated heterocycles. The van der Waals surface area contributed by atoms with Crippen LogP contribution in [0.1, 0.15) is 26.2 Å². The summed E-state index contributed by atoms with van der Waals surface area (Å²) in [6, 6.07) is -0.261. The van der Waals surface area contributed by atoms with Gasteiger partial charge in [-0.05, 0) is 18.3 Å². The summed E-state index contributed by atoms with van der Waals surface area (Å²) in [6.45, 7) is 2.11. The van der Waals surface area contributed by atoms with Crippen molar-refractivity contribution in [2.75, 3.05) is 7.05 Å². The van der Waals surface area contributed by atoms with Crippen molar-refractivity contribution in [1.82, 2.24) is 5.32 Å². The molecule has 0 radical (unpaired) electrons. The van der Waals surface area contributed by atoms with Gasteiger partial charge >= 0.3 is 0 Å². The highest BCUT2D eigenvalue weighted by atomic mass is 32.2. The first-order valence-electron chi connectivity index (χ1n) is 7.01. The second-order valence-corrected chi connectivity index (χ2v) is 7.01. The number of hydrogen-bond acceptors (Lipinski definition) is 5. The van der Waals surface area contributed by atoms with Gasteiger partial charge in [0, 0.05) is 7.05 Å². The molecule has 0 amide bonds. The molecule has 0 aromatic carbocycles. The van der Waals surface area contributed by atoms with Crippen LogP contribution in [0.5, 0.6) is 0 Å². The minimum absolute atomic E-state index is 0.149. The van der Waals surface area contributed by atoms with Crippen LogP contribution < -0.4 is 5.32 Å². The van der Waals surface area contributed by atoms with E-state index in [1.807, 2.05) is 0 Å². The Labute approximate surface area is 117 Å². The molecule has 6 atom stereocenters. The number of hydrogen-bond donors (Lipinski definition) is 3. The van der Waals surface area contributed by atoms with E-state index in [0.29, 0.717) is 0 Å². The highest BCUT2D eigenvalue weighted by Gasteiger charge is 2.50. The van der Waals surface area contributed by atoms with Crippen molar-refractivity contribution in [3.63, 3.8) is 0 Å². The van der Waals surface area contributed by atoms with Crippen LogP contribution in [0.4, 0.5) is 0 Å². The van der Waals surface area contributed by atoms with Crippen molar-refractivity contribution in [3.8, 4) is 0 Å². The van der Waals surface area contributed by atoms with Crippen molar-refractivity contribution in [2.45, 2.75) is 56.0 Å². The van der Waals surface area contributed by atoms with Gasteiger partial charge in [0.25, 0.3) is 0 Å². The molecule has 5 nitrogen and oxygen atoms in total. The number of aliphatic hydroxyl groups is 2. The molecular formula is C13H22N2O3S. The van der Waals surface area contributed by atoms with Crippen molar-refractivity contribution in [3.05, 3.63) is 0 Å². The van der Waals surface area contributed by atoms with Gasteiger partial charge in [0.1, 0.15) is 17.6 Å². The zero-order valence-corrected chi connectivity index (χ0v) is 12.1. The SMILES string of the molecule is CN=C1N[C@@H]2[C@@H](O)[C@H](O)[C@@H](C(C)CC3CC3)O[C@@H]2S1. The monoisotopic (exact) mass is 286 g/mol. The lowest BCUT2D eigenvalue weighted by atomic mass is 9.87. The lowest BCUT2D eigenvalue weighted by Crippen LogP contribution is -2.60. The van der Waals surface area contributed by atoms with Crippen LogP contribution in [-0.4, -0.2) is 52.2 Å². The molecule has 0 spiro atoms. The van der Waals surface area contributed by atoms with Gasteiger partial charge in [-0.15, -0.1) is 0 Å². The Morgan fingerprint density at radius 3 is 2.79 bits per heavy atom. The quantitative estimate of drug-likeness (QED) is 0.707. The Hall–Kier alpha value is -0.300. The molecule has 1 unspecified atom stereocenters. The number of nitrogens with zero attached hydrogens (tertiary/aromatic N) is 1. The lowest BCUT2D eigenvalue weighted by molar-refractivity contribution is -0.172. The van der Waals surface area contributed by atoms with Crippen LogP contribution in [0.3, 0.4) is 0 Å². The van der Waals surface area contributed by atoms with Crippen molar-refractivity contribution < 1.29 is 14.9 Å². The average Bonchev–Trinajstić information content (AvgIpc) is 3.10. The summed E-state index contributed by atoms with van der Waals surface area (Å²) in [7, 11) is 1.71. The maximum absolute atomic E-state index is 10.3. The molecule has 1 saturated carbocycles. The minimum atomic E-state index is -0.820. The van der Waals surface area contributed by atoms with Crippen LogP contribution in [0, 0.1) is 11.8 Å². The second kappa shape index (κ2) is 5.24. The normalized spacial score (nSPS) is 45.9. The molecular weight excluding hydrogens is 264 g/mol. The summed E-state index contributed by atoms with van der Waals surface area (Å²) in [5.41, 5.74) is -0.149. The van der Waals surface area contributed by atoms with Crippen LogP contribution >= 0.6 is 11.8 Å². The third kappa shape index (κ3) is 2.63. The van der Waals surface area contributed by atoms with Gasteiger partial charge < -0.3 is 20.3 Å². The van der Waals surface area contributed by atoms with E-state index in [1.165, 1.54) is 24.6 Å². The maximum atomic E-state index is 10.3. The molecule has 0 bridgehead atoms. The fourth-order valence-electron chi connectivity index (χ4n) is 3.03. The van der Waals surface area contributed by atoms with Gasteiger partial charge in [0.15, 0.2) is 5.17 Å². The molecule has 3 rings (SSSR count). The van der Waals surface area contributed by atoms with Gasteiger partial charge in [0.05, 0.1) is 12.1 Å². The highest BCUT2D eigenvalue weighted by Crippen LogP contribution is 2.41. The molecule has 3 aliphatic rings. The Bertz CT molecular complexity index is 375. The third-order valence-corrected chi connectivity index (χ3v) is 5.48. The first-order chi connectivity index (χ1) is 9.10. The van der Waals surface area contributed by atoms with Crippen molar-refractivity contribution >= 4 is 16.9 Å². The first-order valence-corrected chi connectivity index (χ1v) is 7.89. The molecule has 3 N–H and O–H groups in total. The molecule has 0 aromatic heterocycles. The smallest absolute Gasteiger partial charge is 0.159 e. The Kier molecular flexibility index (Phi) is 3.77. The number of rotatable bonds is 3. The second-order valence-electron chi connectivity index (χ2n) is 5.92. The lowest BCUT2D eigenvalue weighted by Gasteiger charge is -2.41. The van der Waals surface area contributed by atoms with Gasteiger partial charge in [-0.25, -0.2) is 0 Å². The fourth-order valence-corrected chi connectivity index (χ4v) is 4.12. The summed E-state index contributed by atoms with van der Waals surface area (Å²) >= 11 is 1.50. The molecule has 19 heavy (non-hydrogen) atoms. The van der Waals surface area contributed by atoms with Gasteiger partial charge in [-0.1, -0.05) is 31.5 Å². The summed E-state index contributed by atoms with van der Waals surface area (Å²) in [5.74, 6) is 1.07. The number of fused-ring (bicyclic) bond motifs is 1. The zero-order valence-electron chi connectivity index (χ0n) is 11.3. The van der Waals surface area contributed by atoms with Crippen molar-refractivity contribution in [2.24, 2.45) is 16.8 Å². The predicted molar refractivity (Wildman–Crippen MR) is 75.1 cm³/mol. The predicted octanol–water partition coefficient (Wildman–Crippen LogP) is 0.560. The number of aliphatic imine (C=N–C) groups is 1. The number of thioether (sulfide) groups is 1. The van der Waals surface area contributed by atoms with E-state index in [4.69, 9.17) is 4.74 Å². The van der Waals surface area contributed by atoms with Crippen molar-refractivity contribution in [1.29, 1.82) is 0 Å². The number of aliphatic hydroxyl groups excluding tert-OH is 2.